The minimum atomic E-state index is 0.256. The summed E-state index contributed by atoms with van der Waals surface area (Å²) < 4.78 is 0. The van der Waals surface area contributed by atoms with Crippen molar-refractivity contribution in [3.05, 3.63) is 69.7 Å². The lowest BCUT2D eigenvalue weighted by atomic mass is 9.86. The van der Waals surface area contributed by atoms with Gasteiger partial charge in [-0.15, -0.1) is 0 Å². The van der Waals surface area contributed by atoms with Crippen LogP contribution >= 0.6 is 27.5 Å². The van der Waals surface area contributed by atoms with Crippen molar-refractivity contribution < 1.29 is 0 Å². The first-order valence-corrected chi connectivity index (χ1v) is 8.30. The first-order valence-electron chi connectivity index (χ1n) is 7.01. The van der Waals surface area contributed by atoms with Crippen LogP contribution in [0.5, 0.6) is 0 Å². The quantitative estimate of drug-likeness (QED) is 0.585. The standard InChI is InChI=1S/C18H18BrCl/c1-12-11-16(20)13(2)10-15(12)17(19)18(8-9-18)14-6-4-3-5-7-14/h3-7,10-11,17H,8-9H2,1-2H3. The van der Waals surface area contributed by atoms with Gasteiger partial charge in [0.25, 0.3) is 0 Å². The summed E-state index contributed by atoms with van der Waals surface area (Å²) in [5, 5.41) is 0.857. The molecule has 0 saturated heterocycles. The van der Waals surface area contributed by atoms with Gasteiger partial charge >= 0.3 is 0 Å². The Morgan fingerprint density at radius 1 is 1.05 bits per heavy atom. The van der Waals surface area contributed by atoms with E-state index in [1.54, 1.807) is 0 Å². The molecule has 1 atom stereocenters. The Morgan fingerprint density at radius 2 is 1.70 bits per heavy atom. The Bertz CT molecular complexity index is 629. The van der Waals surface area contributed by atoms with Crippen LogP contribution in [0.3, 0.4) is 0 Å². The van der Waals surface area contributed by atoms with E-state index in [0.29, 0.717) is 4.83 Å². The van der Waals surface area contributed by atoms with Crippen molar-refractivity contribution in [3.63, 3.8) is 0 Å². The van der Waals surface area contributed by atoms with E-state index in [4.69, 9.17) is 11.6 Å². The van der Waals surface area contributed by atoms with Gasteiger partial charge in [0.15, 0.2) is 0 Å². The number of rotatable bonds is 3. The molecule has 3 rings (SSSR count). The lowest BCUT2D eigenvalue weighted by molar-refractivity contribution is 0.678. The molecule has 1 aliphatic carbocycles. The molecule has 0 spiro atoms. The van der Waals surface area contributed by atoms with E-state index in [2.05, 4.69) is 72.2 Å². The highest BCUT2D eigenvalue weighted by Gasteiger charge is 2.50. The molecule has 1 saturated carbocycles. The summed E-state index contributed by atoms with van der Waals surface area (Å²) >= 11 is 10.2. The van der Waals surface area contributed by atoms with E-state index in [0.717, 1.165) is 10.6 Å². The Balaban J connectivity index is 2.01. The van der Waals surface area contributed by atoms with Gasteiger partial charge < -0.3 is 0 Å². The van der Waals surface area contributed by atoms with Crippen LogP contribution in [0.15, 0.2) is 42.5 Å². The van der Waals surface area contributed by atoms with Gasteiger partial charge in [-0.3, -0.25) is 0 Å². The molecule has 0 heterocycles. The van der Waals surface area contributed by atoms with Gasteiger partial charge in [0, 0.05) is 15.3 Å². The van der Waals surface area contributed by atoms with Crippen LogP contribution in [-0.4, -0.2) is 0 Å². The zero-order valence-corrected chi connectivity index (χ0v) is 14.1. The number of halogens is 2. The first kappa shape index (κ1) is 14.2. The third-order valence-electron chi connectivity index (χ3n) is 4.44. The summed E-state index contributed by atoms with van der Waals surface area (Å²) in [6.45, 7) is 4.23. The predicted molar refractivity (Wildman–Crippen MR) is 89.9 cm³/mol. The number of hydrogen-bond donors (Lipinski definition) is 0. The fraction of sp³-hybridized carbons (Fsp3) is 0.333. The smallest absolute Gasteiger partial charge is 0.0494 e. The molecule has 0 bridgehead atoms. The summed E-state index contributed by atoms with van der Waals surface area (Å²) in [4.78, 5) is 0.355. The highest BCUT2D eigenvalue weighted by molar-refractivity contribution is 9.09. The average Bonchev–Trinajstić information content (AvgIpc) is 3.25. The fourth-order valence-corrected chi connectivity index (χ4v) is 4.40. The van der Waals surface area contributed by atoms with Crippen LogP contribution in [0.1, 0.15) is 39.9 Å². The Morgan fingerprint density at radius 3 is 2.30 bits per heavy atom. The second kappa shape index (κ2) is 5.20. The van der Waals surface area contributed by atoms with Crippen molar-refractivity contribution in [1.29, 1.82) is 0 Å². The highest BCUT2D eigenvalue weighted by atomic mass is 79.9. The fourth-order valence-electron chi connectivity index (χ4n) is 2.97. The molecule has 0 nitrogen and oxygen atoms in total. The van der Waals surface area contributed by atoms with Gasteiger partial charge in [-0.2, -0.15) is 0 Å². The Kier molecular flexibility index (Phi) is 3.68. The summed E-state index contributed by atoms with van der Waals surface area (Å²) in [6.07, 6.45) is 2.49. The molecule has 2 aromatic carbocycles. The van der Waals surface area contributed by atoms with Crippen LogP contribution < -0.4 is 0 Å². The molecule has 0 aliphatic heterocycles. The molecule has 20 heavy (non-hydrogen) atoms. The van der Waals surface area contributed by atoms with Crippen LogP contribution in [0.25, 0.3) is 0 Å². The molecule has 1 fully saturated rings. The van der Waals surface area contributed by atoms with Gasteiger partial charge in [0.1, 0.15) is 0 Å². The van der Waals surface area contributed by atoms with Gasteiger partial charge in [0.2, 0.25) is 0 Å². The lowest BCUT2D eigenvalue weighted by Crippen LogP contribution is -2.14. The van der Waals surface area contributed by atoms with Crippen LogP contribution in [0.2, 0.25) is 5.02 Å². The largest absolute Gasteiger partial charge is 0.0840 e. The molecular formula is C18H18BrCl. The number of alkyl halides is 1. The summed E-state index contributed by atoms with van der Waals surface area (Å²) in [7, 11) is 0. The van der Waals surface area contributed by atoms with Crippen molar-refractivity contribution >= 4 is 27.5 Å². The van der Waals surface area contributed by atoms with Crippen molar-refractivity contribution in [1.82, 2.24) is 0 Å². The highest BCUT2D eigenvalue weighted by Crippen LogP contribution is 2.60. The van der Waals surface area contributed by atoms with Gasteiger partial charge in [-0.05, 0) is 55.0 Å². The third-order valence-corrected chi connectivity index (χ3v) is 6.22. The molecule has 0 aromatic heterocycles. The van der Waals surface area contributed by atoms with E-state index >= 15 is 0 Å². The predicted octanol–water partition coefficient (Wildman–Crippen LogP) is 6.12. The molecule has 0 radical (unpaired) electrons. The minimum Gasteiger partial charge on any atom is -0.0840 e. The van der Waals surface area contributed by atoms with Crippen molar-refractivity contribution in [3.8, 4) is 0 Å². The van der Waals surface area contributed by atoms with E-state index < -0.39 is 0 Å². The lowest BCUT2D eigenvalue weighted by Gasteiger charge is -2.25. The maximum Gasteiger partial charge on any atom is 0.0494 e. The molecular weight excluding hydrogens is 332 g/mol. The molecule has 2 heteroatoms. The monoisotopic (exact) mass is 348 g/mol. The van der Waals surface area contributed by atoms with Crippen molar-refractivity contribution in [2.24, 2.45) is 0 Å². The molecule has 1 aliphatic rings. The van der Waals surface area contributed by atoms with Crippen LogP contribution in [0, 0.1) is 13.8 Å². The second-order valence-electron chi connectivity index (χ2n) is 5.84. The van der Waals surface area contributed by atoms with E-state index in [1.165, 1.54) is 29.5 Å². The van der Waals surface area contributed by atoms with E-state index in [9.17, 15) is 0 Å². The zero-order chi connectivity index (χ0) is 14.3. The van der Waals surface area contributed by atoms with Gasteiger partial charge in [0.05, 0.1) is 0 Å². The Labute approximate surface area is 134 Å². The average molecular weight is 350 g/mol. The SMILES string of the molecule is Cc1cc(C(Br)C2(c3ccccc3)CC2)c(C)cc1Cl. The minimum absolute atomic E-state index is 0.256. The molecule has 0 amide bonds. The maximum absolute atomic E-state index is 6.22. The molecule has 104 valence electrons. The van der Waals surface area contributed by atoms with Crippen molar-refractivity contribution in [2.45, 2.75) is 36.9 Å². The second-order valence-corrected chi connectivity index (χ2v) is 7.17. The maximum atomic E-state index is 6.22. The third kappa shape index (κ3) is 2.31. The first-order chi connectivity index (χ1) is 9.54. The summed E-state index contributed by atoms with van der Waals surface area (Å²) in [6, 6.07) is 15.2. The van der Waals surface area contributed by atoms with Gasteiger partial charge in [-0.1, -0.05) is 63.9 Å². The van der Waals surface area contributed by atoms with Crippen molar-refractivity contribution in [2.75, 3.05) is 0 Å². The van der Waals surface area contributed by atoms with E-state index in [1.807, 2.05) is 0 Å². The zero-order valence-electron chi connectivity index (χ0n) is 11.8. The number of benzene rings is 2. The summed E-state index contributed by atoms with van der Waals surface area (Å²) in [5.74, 6) is 0. The normalized spacial score (nSPS) is 17.8. The molecule has 0 N–H and O–H groups in total. The van der Waals surface area contributed by atoms with Gasteiger partial charge in [-0.25, -0.2) is 0 Å². The number of hydrogen-bond acceptors (Lipinski definition) is 0. The topological polar surface area (TPSA) is 0 Å². The number of aryl methyl sites for hydroxylation is 2. The molecule has 2 aromatic rings. The Hall–Kier alpha value is -0.790. The summed E-state index contributed by atoms with van der Waals surface area (Å²) in [5.41, 5.74) is 5.49. The van der Waals surface area contributed by atoms with Crippen LogP contribution in [-0.2, 0) is 5.41 Å². The van der Waals surface area contributed by atoms with Crippen LogP contribution in [0.4, 0.5) is 0 Å². The van der Waals surface area contributed by atoms with E-state index in [-0.39, 0.29) is 5.41 Å². The molecule has 1 unspecified atom stereocenters.